The summed E-state index contributed by atoms with van der Waals surface area (Å²) in [5.74, 6) is 0.105. The summed E-state index contributed by atoms with van der Waals surface area (Å²) in [5.41, 5.74) is 0.298. The van der Waals surface area contributed by atoms with Crippen LogP contribution in [-0.4, -0.2) is 24.5 Å². The van der Waals surface area contributed by atoms with E-state index in [0.29, 0.717) is 0 Å². The molecule has 0 N–H and O–H groups in total. The minimum atomic E-state index is -0.558. The first-order valence-electron chi connectivity index (χ1n) is 6.16. The monoisotopic (exact) mass is 264 g/mol. The van der Waals surface area contributed by atoms with Crippen LogP contribution in [-0.2, 0) is 20.7 Å². The molecule has 0 aliphatic heterocycles. The quantitative estimate of drug-likeness (QED) is 0.606. The van der Waals surface area contributed by atoms with Gasteiger partial charge < -0.3 is 9.47 Å². The Morgan fingerprint density at radius 2 is 1.68 bits per heavy atom. The molecule has 0 heterocycles. The molecular weight excluding hydrogens is 244 g/mol. The third-order valence-corrected chi connectivity index (χ3v) is 2.32. The van der Waals surface area contributed by atoms with E-state index in [1.54, 1.807) is 40.0 Å². The standard InChI is InChI=1S/C15H20O4/c1-15(2,3)19-14(17)10-12(16)9-11-5-7-13(18-4)8-6-11/h5-8H,9-10H2,1-4H3. The van der Waals surface area contributed by atoms with Gasteiger partial charge in [-0.3, -0.25) is 9.59 Å². The van der Waals surface area contributed by atoms with Gasteiger partial charge >= 0.3 is 5.97 Å². The maximum absolute atomic E-state index is 11.7. The average Bonchev–Trinajstić information content (AvgIpc) is 2.27. The molecule has 1 aromatic rings. The molecule has 0 amide bonds. The predicted octanol–water partition coefficient (Wildman–Crippen LogP) is 2.54. The number of hydrogen-bond acceptors (Lipinski definition) is 4. The van der Waals surface area contributed by atoms with Crippen molar-refractivity contribution in [3.8, 4) is 5.75 Å². The Kier molecular flexibility index (Phi) is 5.10. The zero-order valence-electron chi connectivity index (χ0n) is 11.9. The predicted molar refractivity (Wildman–Crippen MR) is 72.2 cm³/mol. The molecule has 0 aliphatic rings. The van der Waals surface area contributed by atoms with Crippen LogP contribution in [0.25, 0.3) is 0 Å². The molecule has 1 rings (SSSR count). The number of methoxy groups -OCH3 is 1. The molecule has 0 aliphatic carbocycles. The summed E-state index contributed by atoms with van der Waals surface area (Å²) >= 11 is 0. The minimum absolute atomic E-state index is 0.153. The summed E-state index contributed by atoms with van der Waals surface area (Å²) in [6.45, 7) is 5.33. The lowest BCUT2D eigenvalue weighted by Crippen LogP contribution is -2.25. The van der Waals surface area contributed by atoms with Crippen molar-refractivity contribution < 1.29 is 19.1 Å². The van der Waals surface area contributed by atoms with Crippen molar-refractivity contribution >= 4 is 11.8 Å². The molecule has 0 saturated heterocycles. The van der Waals surface area contributed by atoms with Crippen molar-refractivity contribution in [2.24, 2.45) is 0 Å². The first-order valence-corrected chi connectivity index (χ1v) is 6.16. The van der Waals surface area contributed by atoms with Crippen molar-refractivity contribution in [2.75, 3.05) is 7.11 Å². The SMILES string of the molecule is COc1ccc(CC(=O)CC(=O)OC(C)(C)C)cc1. The van der Waals surface area contributed by atoms with Gasteiger partial charge in [0.2, 0.25) is 0 Å². The fourth-order valence-corrected chi connectivity index (χ4v) is 1.57. The highest BCUT2D eigenvalue weighted by molar-refractivity contribution is 5.96. The lowest BCUT2D eigenvalue weighted by molar-refractivity contribution is -0.156. The molecule has 4 nitrogen and oxygen atoms in total. The lowest BCUT2D eigenvalue weighted by atomic mass is 10.1. The van der Waals surface area contributed by atoms with Crippen LogP contribution in [0.1, 0.15) is 32.8 Å². The maximum atomic E-state index is 11.7. The van der Waals surface area contributed by atoms with E-state index in [4.69, 9.17) is 9.47 Å². The van der Waals surface area contributed by atoms with Crippen LogP contribution in [0.4, 0.5) is 0 Å². The number of esters is 1. The summed E-state index contributed by atoms with van der Waals surface area (Å²) in [4.78, 5) is 23.2. The second-order valence-corrected chi connectivity index (χ2v) is 5.33. The van der Waals surface area contributed by atoms with Crippen LogP contribution < -0.4 is 4.74 Å². The Morgan fingerprint density at radius 3 is 2.16 bits per heavy atom. The molecular formula is C15H20O4. The Balaban J connectivity index is 2.48. The van der Waals surface area contributed by atoms with E-state index in [1.807, 2.05) is 12.1 Å². The van der Waals surface area contributed by atoms with Crippen LogP contribution >= 0.6 is 0 Å². The van der Waals surface area contributed by atoms with E-state index in [0.717, 1.165) is 11.3 Å². The van der Waals surface area contributed by atoms with Crippen molar-refractivity contribution in [3.05, 3.63) is 29.8 Å². The number of carbonyl (C=O) groups is 2. The maximum Gasteiger partial charge on any atom is 0.313 e. The van der Waals surface area contributed by atoms with Crippen molar-refractivity contribution in [3.63, 3.8) is 0 Å². The summed E-state index contributed by atoms with van der Waals surface area (Å²) in [6, 6.07) is 7.20. The van der Waals surface area contributed by atoms with E-state index in [9.17, 15) is 9.59 Å². The smallest absolute Gasteiger partial charge is 0.313 e. The topological polar surface area (TPSA) is 52.6 Å². The van der Waals surface area contributed by atoms with Gasteiger partial charge in [0.15, 0.2) is 0 Å². The Labute approximate surface area is 113 Å². The molecule has 0 unspecified atom stereocenters. The van der Waals surface area contributed by atoms with E-state index in [-0.39, 0.29) is 18.6 Å². The van der Waals surface area contributed by atoms with Crippen LogP contribution in [0.5, 0.6) is 5.75 Å². The van der Waals surface area contributed by atoms with Crippen molar-refractivity contribution in [1.82, 2.24) is 0 Å². The summed E-state index contributed by atoms with van der Waals surface area (Å²) in [5, 5.41) is 0. The zero-order chi connectivity index (χ0) is 14.5. The summed E-state index contributed by atoms with van der Waals surface area (Å²) < 4.78 is 10.1. The van der Waals surface area contributed by atoms with Gasteiger partial charge in [0, 0.05) is 6.42 Å². The Morgan fingerprint density at radius 1 is 1.11 bits per heavy atom. The highest BCUT2D eigenvalue weighted by Crippen LogP contribution is 2.13. The average molecular weight is 264 g/mol. The van der Waals surface area contributed by atoms with Gasteiger partial charge in [-0.2, -0.15) is 0 Å². The number of ether oxygens (including phenoxy) is 2. The number of benzene rings is 1. The van der Waals surface area contributed by atoms with E-state index in [2.05, 4.69) is 0 Å². The number of carbonyl (C=O) groups excluding carboxylic acids is 2. The second kappa shape index (κ2) is 6.36. The molecule has 0 fully saturated rings. The molecule has 1 aromatic carbocycles. The third kappa shape index (κ3) is 6.04. The molecule has 0 radical (unpaired) electrons. The Hall–Kier alpha value is -1.84. The van der Waals surface area contributed by atoms with E-state index < -0.39 is 11.6 Å². The Bertz CT molecular complexity index is 440. The number of Topliss-reactive ketones (excluding diaryl/α,β-unsaturated/α-hetero) is 1. The van der Waals surface area contributed by atoms with E-state index in [1.165, 1.54) is 0 Å². The number of rotatable bonds is 5. The van der Waals surface area contributed by atoms with Gasteiger partial charge in [-0.25, -0.2) is 0 Å². The molecule has 4 heteroatoms. The first kappa shape index (κ1) is 15.2. The molecule has 19 heavy (non-hydrogen) atoms. The van der Waals surface area contributed by atoms with Gasteiger partial charge in [0.1, 0.15) is 23.6 Å². The first-order chi connectivity index (χ1) is 8.80. The normalized spacial score (nSPS) is 10.9. The highest BCUT2D eigenvalue weighted by atomic mass is 16.6. The second-order valence-electron chi connectivity index (χ2n) is 5.33. The lowest BCUT2D eigenvalue weighted by Gasteiger charge is -2.19. The summed E-state index contributed by atoms with van der Waals surface area (Å²) in [7, 11) is 1.59. The van der Waals surface area contributed by atoms with Gasteiger partial charge in [-0.05, 0) is 38.5 Å². The number of ketones is 1. The number of hydrogen-bond donors (Lipinski definition) is 0. The van der Waals surface area contributed by atoms with Crippen molar-refractivity contribution in [1.29, 1.82) is 0 Å². The van der Waals surface area contributed by atoms with E-state index >= 15 is 0 Å². The molecule has 0 saturated carbocycles. The van der Waals surface area contributed by atoms with Gasteiger partial charge in [-0.1, -0.05) is 12.1 Å². The molecule has 0 spiro atoms. The van der Waals surface area contributed by atoms with Crippen LogP contribution in [0.2, 0.25) is 0 Å². The van der Waals surface area contributed by atoms with Crippen LogP contribution in [0, 0.1) is 0 Å². The van der Waals surface area contributed by atoms with Gasteiger partial charge in [0.25, 0.3) is 0 Å². The van der Waals surface area contributed by atoms with Crippen LogP contribution in [0.3, 0.4) is 0 Å². The van der Waals surface area contributed by atoms with Crippen LogP contribution in [0.15, 0.2) is 24.3 Å². The van der Waals surface area contributed by atoms with Gasteiger partial charge in [0.05, 0.1) is 7.11 Å². The molecule has 104 valence electrons. The summed E-state index contributed by atoms with van der Waals surface area (Å²) in [6.07, 6.45) is 0.0343. The molecule has 0 bridgehead atoms. The minimum Gasteiger partial charge on any atom is -0.497 e. The molecule has 0 aromatic heterocycles. The van der Waals surface area contributed by atoms with Gasteiger partial charge in [-0.15, -0.1) is 0 Å². The molecule has 0 atom stereocenters. The largest absolute Gasteiger partial charge is 0.497 e. The fraction of sp³-hybridized carbons (Fsp3) is 0.467. The fourth-order valence-electron chi connectivity index (χ4n) is 1.57. The zero-order valence-corrected chi connectivity index (χ0v) is 11.9. The van der Waals surface area contributed by atoms with Crippen molar-refractivity contribution in [2.45, 2.75) is 39.2 Å². The highest BCUT2D eigenvalue weighted by Gasteiger charge is 2.18. The third-order valence-electron chi connectivity index (χ3n) is 2.32.